The van der Waals surface area contributed by atoms with Gasteiger partial charge in [0.25, 0.3) is 0 Å². The molecule has 0 atom stereocenters. The molecule has 8 heavy (non-hydrogen) atoms. The Morgan fingerprint density at radius 2 is 1.88 bits per heavy atom. The third kappa shape index (κ3) is 6.31. The Bertz CT molecular complexity index is 56.0. The van der Waals surface area contributed by atoms with E-state index < -0.39 is 0 Å². The average molecular weight is 134 g/mol. The van der Waals surface area contributed by atoms with Gasteiger partial charge in [-0.25, -0.2) is 0 Å². The van der Waals surface area contributed by atoms with Crippen LogP contribution < -0.4 is 0 Å². The molecule has 0 fully saturated rings. The first kappa shape index (κ1) is 8.31. The molecule has 0 aromatic rings. The van der Waals surface area contributed by atoms with Crippen LogP contribution in [0.15, 0.2) is 0 Å². The Hall–Kier alpha value is 0.310. The lowest BCUT2D eigenvalue weighted by Gasteiger charge is -2.15. The van der Waals surface area contributed by atoms with Crippen molar-refractivity contribution in [3.63, 3.8) is 0 Å². The van der Waals surface area contributed by atoms with Gasteiger partial charge in [-0.05, 0) is 17.5 Å². The zero-order valence-corrected chi connectivity index (χ0v) is 6.84. The highest BCUT2D eigenvalue weighted by Gasteiger charge is 2.08. The van der Waals surface area contributed by atoms with E-state index in [0.717, 1.165) is 5.75 Å². The summed E-state index contributed by atoms with van der Waals surface area (Å²) in [5, 5.41) is 0. The van der Waals surface area contributed by atoms with Gasteiger partial charge in [-0.1, -0.05) is 20.8 Å². The van der Waals surface area contributed by atoms with Crippen molar-refractivity contribution in [2.45, 2.75) is 20.8 Å². The summed E-state index contributed by atoms with van der Waals surface area (Å²) >= 11 is 1.52. The Balaban J connectivity index is 3.11. The Morgan fingerprint density at radius 1 is 1.38 bits per heavy atom. The molecule has 0 heterocycles. The van der Waals surface area contributed by atoms with Gasteiger partial charge < -0.3 is 4.18 Å². The summed E-state index contributed by atoms with van der Waals surface area (Å²) in [5.41, 5.74) is 0.390. The first-order valence-corrected chi connectivity index (χ1v) is 3.63. The molecule has 0 aliphatic carbocycles. The number of hydrogen-bond acceptors (Lipinski definition) is 2. The van der Waals surface area contributed by atoms with Gasteiger partial charge in [0.1, 0.15) is 0 Å². The summed E-state index contributed by atoms with van der Waals surface area (Å²) in [6.07, 6.45) is 0. The summed E-state index contributed by atoms with van der Waals surface area (Å²) in [7, 11) is 1.70. The Morgan fingerprint density at radius 3 is 2.00 bits per heavy atom. The molecular weight excluding hydrogens is 120 g/mol. The molecule has 0 amide bonds. The molecular formula is C6H14OS. The highest BCUT2D eigenvalue weighted by atomic mass is 32.2. The van der Waals surface area contributed by atoms with Crippen molar-refractivity contribution in [2.75, 3.05) is 12.9 Å². The second kappa shape index (κ2) is 3.36. The lowest BCUT2D eigenvalue weighted by atomic mass is 10.0. The van der Waals surface area contributed by atoms with E-state index in [0.29, 0.717) is 5.41 Å². The second-order valence-electron chi connectivity index (χ2n) is 2.99. The fourth-order valence-electron chi connectivity index (χ4n) is 0.236. The van der Waals surface area contributed by atoms with Crippen molar-refractivity contribution < 1.29 is 4.18 Å². The predicted octanol–water partition coefficient (Wildman–Crippen LogP) is 2.33. The van der Waals surface area contributed by atoms with E-state index in [1.54, 1.807) is 7.11 Å². The van der Waals surface area contributed by atoms with Crippen molar-refractivity contribution in [3.8, 4) is 0 Å². The smallest absolute Gasteiger partial charge is 0.0503 e. The minimum Gasteiger partial charge on any atom is -0.319 e. The standard InChI is InChI=1S/C6H14OS/c1-6(2,3)5-8-7-4/h5H2,1-4H3. The SMILES string of the molecule is COSCC(C)(C)C. The maximum absolute atomic E-state index is 4.83. The van der Waals surface area contributed by atoms with E-state index in [4.69, 9.17) is 4.18 Å². The molecule has 0 saturated heterocycles. The molecule has 1 nitrogen and oxygen atoms in total. The maximum Gasteiger partial charge on any atom is 0.0503 e. The topological polar surface area (TPSA) is 9.23 Å². The number of rotatable bonds is 2. The molecule has 0 saturated carbocycles. The molecule has 0 spiro atoms. The highest BCUT2D eigenvalue weighted by molar-refractivity contribution is 7.94. The van der Waals surface area contributed by atoms with Gasteiger partial charge in [0.2, 0.25) is 0 Å². The predicted molar refractivity (Wildman–Crippen MR) is 38.9 cm³/mol. The fraction of sp³-hybridized carbons (Fsp3) is 1.00. The van der Waals surface area contributed by atoms with Crippen LogP contribution >= 0.6 is 12.0 Å². The molecule has 2 heteroatoms. The van der Waals surface area contributed by atoms with E-state index in [2.05, 4.69) is 20.8 Å². The van der Waals surface area contributed by atoms with E-state index in [1.807, 2.05) is 0 Å². The lowest BCUT2D eigenvalue weighted by Crippen LogP contribution is -2.07. The second-order valence-corrected chi connectivity index (χ2v) is 3.85. The van der Waals surface area contributed by atoms with Crippen molar-refractivity contribution >= 4 is 12.0 Å². The maximum atomic E-state index is 4.83. The summed E-state index contributed by atoms with van der Waals surface area (Å²) in [5.74, 6) is 1.06. The minimum atomic E-state index is 0.390. The lowest BCUT2D eigenvalue weighted by molar-refractivity contribution is 0.445. The fourth-order valence-corrected chi connectivity index (χ4v) is 0.707. The average Bonchev–Trinajstić information content (AvgIpc) is 1.59. The van der Waals surface area contributed by atoms with Crippen LogP contribution in [0.5, 0.6) is 0 Å². The summed E-state index contributed by atoms with van der Waals surface area (Å²) < 4.78 is 4.83. The van der Waals surface area contributed by atoms with Crippen LogP contribution in [0.4, 0.5) is 0 Å². The normalized spacial score (nSPS) is 12.0. The third-order valence-electron chi connectivity index (χ3n) is 0.610. The van der Waals surface area contributed by atoms with Crippen LogP contribution in [0.1, 0.15) is 20.8 Å². The molecule has 0 aromatic carbocycles. The van der Waals surface area contributed by atoms with Gasteiger partial charge in [-0.3, -0.25) is 0 Å². The molecule has 0 radical (unpaired) electrons. The van der Waals surface area contributed by atoms with Gasteiger partial charge in [-0.15, -0.1) is 0 Å². The van der Waals surface area contributed by atoms with Crippen LogP contribution in [0.2, 0.25) is 0 Å². The van der Waals surface area contributed by atoms with Crippen molar-refractivity contribution in [1.29, 1.82) is 0 Å². The highest BCUT2D eigenvalue weighted by Crippen LogP contribution is 2.19. The molecule has 0 bridgehead atoms. The van der Waals surface area contributed by atoms with E-state index in [9.17, 15) is 0 Å². The van der Waals surface area contributed by atoms with Gasteiger partial charge in [0, 0.05) is 5.75 Å². The van der Waals surface area contributed by atoms with Gasteiger partial charge in [-0.2, -0.15) is 0 Å². The molecule has 0 aliphatic heterocycles. The van der Waals surface area contributed by atoms with Crippen LogP contribution in [0.3, 0.4) is 0 Å². The molecule has 0 aliphatic rings. The van der Waals surface area contributed by atoms with Crippen LogP contribution in [0, 0.1) is 5.41 Å². The zero-order chi connectivity index (χ0) is 6.62. The van der Waals surface area contributed by atoms with Gasteiger partial charge in [0.05, 0.1) is 7.11 Å². The molecule has 0 rings (SSSR count). The Labute approximate surface area is 56.0 Å². The summed E-state index contributed by atoms with van der Waals surface area (Å²) in [6.45, 7) is 6.58. The van der Waals surface area contributed by atoms with E-state index in [1.165, 1.54) is 12.0 Å². The van der Waals surface area contributed by atoms with Crippen molar-refractivity contribution in [3.05, 3.63) is 0 Å². The van der Waals surface area contributed by atoms with Crippen molar-refractivity contribution in [2.24, 2.45) is 5.41 Å². The first-order chi connectivity index (χ1) is 3.56. The number of hydrogen-bond donors (Lipinski definition) is 0. The first-order valence-electron chi connectivity index (χ1n) is 2.72. The quantitative estimate of drug-likeness (QED) is 0.536. The largest absolute Gasteiger partial charge is 0.319 e. The molecule has 50 valence electrons. The molecule has 0 unspecified atom stereocenters. The monoisotopic (exact) mass is 134 g/mol. The van der Waals surface area contributed by atoms with Gasteiger partial charge >= 0.3 is 0 Å². The van der Waals surface area contributed by atoms with Crippen LogP contribution in [0.25, 0.3) is 0 Å². The summed E-state index contributed by atoms with van der Waals surface area (Å²) in [4.78, 5) is 0. The molecule has 0 aromatic heterocycles. The van der Waals surface area contributed by atoms with E-state index in [-0.39, 0.29) is 0 Å². The van der Waals surface area contributed by atoms with E-state index >= 15 is 0 Å². The molecule has 0 N–H and O–H groups in total. The van der Waals surface area contributed by atoms with Crippen LogP contribution in [-0.4, -0.2) is 12.9 Å². The van der Waals surface area contributed by atoms with Gasteiger partial charge in [0.15, 0.2) is 0 Å². The van der Waals surface area contributed by atoms with Crippen LogP contribution in [-0.2, 0) is 4.18 Å². The zero-order valence-electron chi connectivity index (χ0n) is 6.02. The summed E-state index contributed by atoms with van der Waals surface area (Å²) in [6, 6.07) is 0. The Kier molecular flexibility index (Phi) is 3.49. The minimum absolute atomic E-state index is 0.390. The van der Waals surface area contributed by atoms with Crippen molar-refractivity contribution in [1.82, 2.24) is 0 Å². The third-order valence-corrected chi connectivity index (χ3v) is 1.83.